The highest BCUT2D eigenvalue weighted by Gasteiger charge is 2.21. The number of halogens is 1. The Labute approximate surface area is 132 Å². The number of sulfone groups is 1. The summed E-state index contributed by atoms with van der Waals surface area (Å²) in [6, 6.07) is 3.67. The van der Waals surface area contributed by atoms with Gasteiger partial charge in [-0.15, -0.1) is 0 Å². The zero-order chi connectivity index (χ0) is 16.4. The number of hydrogen-bond donors (Lipinski definition) is 1. The van der Waals surface area contributed by atoms with Gasteiger partial charge in [0.25, 0.3) is 0 Å². The molecule has 10 heteroatoms. The van der Waals surface area contributed by atoms with E-state index in [4.69, 9.17) is 0 Å². The number of amides is 1. The van der Waals surface area contributed by atoms with E-state index in [9.17, 15) is 21.6 Å². The molecule has 0 saturated heterocycles. The monoisotopic (exact) mass is 398 g/mol. The third kappa shape index (κ3) is 4.77. The molecule has 0 spiro atoms. The second-order valence-electron chi connectivity index (χ2n) is 4.48. The molecule has 0 atom stereocenters. The molecule has 0 heterocycles. The van der Waals surface area contributed by atoms with Gasteiger partial charge in [0.05, 0.1) is 16.3 Å². The summed E-state index contributed by atoms with van der Waals surface area (Å²) in [6.07, 6.45) is 0.982. The van der Waals surface area contributed by atoms with Crippen LogP contribution in [0.4, 0.5) is 0 Å². The van der Waals surface area contributed by atoms with E-state index in [-0.39, 0.29) is 14.3 Å². The number of carbonyl (C=O) groups excluding carboxylic acids is 1. The Morgan fingerprint density at radius 2 is 1.81 bits per heavy atom. The third-order valence-electron chi connectivity index (χ3n) is 2.53. The zero-order valence-electron chi connectivity index (χ0n) is 11.6. The van der Waals surface area contributed by atoms with Gasteiger partial charge in [-0.3, -0.25) is 4.79 Å². The third-order valence-corrected chi connectivity index (χ3v) is 6.04. The van der Waals surface area contributed by atoms with E-state index < -0.39 is 32.3 Å². The quantitative estimate of drug-likeness (QED) is 0.764. The van der Waals surface area contributed by atoms with Crippen LogP contribution in [0.15, 0.2) is 32.5 Å². The molecule has 7 nitrogen and oxygen atoms in total. The number of rotatable bonds is 5. The molecule has 1 amide bonds. The van der Waals surface area contributed by atoms with E-state index >= 15 is 0 Å². The topological polar surface area (TPSA) is 101 Å². The summed E-state index contributed by atoms with van der Waals surface area (Å²) in [6.45, 7) is -0.412. The van der Waals surface area contributed by atoms with Crippen molar-refractivity contribution in [2.45, 2.75) is 9.79 Å². The minimum Gasteiger partial charge on any atom is -0.348 e. The van der Waals surface area contributed by atoms with Gasteiger partial charge in [0.2, 0.25) is 15.9 Å². The summed E-state index contributed by atoms with van der Waals surface area (Å²) in [7, 11) is -4.55. The van der Waals surface area contributed by atoms with Crippen LogP contribution in [0.25, 0.3) is 0 Å². The maximum atomic E-state index is 12.2. The van der Waals surface area contributed by atoms with Gasteiger partial charge in [0.15, 0.2) is 9.84 Å². The SMILES string of the molecule is CN(C)C(=O)CNS(=O)(=O)c1cc(S(C)(=O)=O)ccc1Br. The fraction of sp³-hybridized carbons (Fsp3) is 0.364. The first kappa shape index (κ1) is 18.1. The van der Waals surface area contributed by atoms with Crippen LogP contribution in [-0.2, 0) is 24.7 Å². The van der Waals surface area contributed by atoms with Crippen LogP contribution in [0.2, 0.25) is 0 Å². The molecule has 0 aliphatic carbocycles. The van der Waals surface area contributed by atoms with Gasteiger partial charge in [0, 0.05) is 24.8 Å². The highest BCUT2D eigenvalue weighted by Crippen LogP contribution is 2.25. The van der Waals surface area contributed by atoms with Crippen LogP contribution in [0.1, 0.15) is 0 Å². The zero-order valence-corrected chi connectivity index (χ0v) is 14.8. The lowest BCUT2D eigenvalue weighted by molar-refractivity contribution is -0.127. The number of nitrogens with one attached hydrogen (secondary N) is 1. The first-order valence-electron chi connectivity index (χ1n) is 5.64. The van der Waals surface area contributed by atoms with Crippen molar-refractivity contribution in [3.8, 4) is 0 Å². The number of carbonyl (C=O) groups is 1. The molecule has 1 rings (SSSR count). The van der Waals surface area contributed by atoms with E-state index in [1.807, 2.05) is 0 Å². The van der Waals surface area contributed by atoms with Gasteiger partial charge in [-0.1, -0.05) is 0 Å². The molecule has 0 aliphatic heterocycles. The molecule has 1 N–H and O–H groups in total. The average molecular weight is 399 g/mol. The maximum Gasteiger partial charge on any atom is 0.242 e. The lowest BCUT2D eigenvalue weighted by Crippen LogP contribution is -2.36. The Bertz CT molecular complexity index is 757. The Morgan fingerprint density at radius 1 is 1.24 bits per heavy atom. The van der Waals surface area contributed by atoms with Gasteiger partial charge < -0.3 is 4.90 Å². The molecule has 0 fully saturated rings. The normalized spacial score (nSPS) is 12.2. The van der Waals surface area contributed by atoms with E-state index in [0.717, 1.165) is 12.3 Å². The van der Waals surface area contributed by atoms with E-state index in [1.165, 1.54) is 31.1 Å². The molecule has 1 aromatic rings. The molecule has 0 aliphatic rings. The molecule has 0 saturated carbocycles. The highest BCUT2D eigenvalue weighted by molar-refractivity contribution is 9.10. The summed E-state index contributed by atoms with van der Waals surface area (Å²) in [5.74, 6) is -0.422. The Morgan fingerprint density at radius 3 is 2.29 bits per heavy atom. The van der Waals surface area contributed by atoms with E-state index in [0.29, 0.717) is 0 Å². The van der Waals surface area contributed by atoms with Gasteiger partial charge in [0.1, 0.15) is 0 Å². The molecular weight excluding hydrogens is 384 g/mol. The van der Waals surface area contributed by atoms with E-state index in [2.05, 4.69) is 20.7 Å². The largest absolute Gasteiger partial charge is 0.348 e. The number of likely N-dealkylation sites (N-methyl/N-ethyl adjacent to an activating group) is 1. The molecule has 1 aromatic carbocycles. The number of sulfonamides is 1. The predicted octanol–water partition coefficient (Wildman–Crippen LogP) is 0.219. The standard InChI is InChI=1S/C11H15BrN2O5S2/c1-14(2)11(15)7-13-21(18,19)10-6-8(20(3,16)17)4-5-9(10)12/h4-6,13H,7H2,1-3H3. The molecule has 0 bridgehead atoms. The summed E-state index contributed by atoms with van der Waals surface area (Å²) in [4.78, 5) is 12.3. The lowest BCUT2D eigenvalue weighted by Gasteiger charge is -2.12. The molecule has 0 radical (unpaired) electrons. The van der Waals surface area contributed by atoms with Crippen LogP contribution in [0.5, 0.6) is 0 Å². The molecule has 118 valence electrons. The van der Waals surface area contributed by atoms with Crippen LogP contribution in [-0.4, -0.2) is 54.5 Å². The summed E-state index contributed by atoms with van der Waals surface area (Å²) < 4.78 is 49.6. The van der Waals surface area contributed by atoms with Crippen LogP contribution in [0.3, 0.4) is 0 Å². The number of nitrogens with zero attached hydrogens (tertiary/aromatic N) is 1. The van der Waals surface area contributed by atoms with Crippen LogP contribution >= 0.6 is 15.9 Å². The number of hydrogen-bond acceptors (Lipinski definition) is 5. The van der Waals surface area contributed by atoms with Crippen molar-refractivity contribution < 1.29 is 21.6 Å². The van der Waals surface area contributed by atoms with Crippen molar-refractivity contribution >= 4 is 41.7 Å². The maximum absolute atomic E-state index is 12.2. The molecular formula is C11H15BrN2O5S2. The van der Waals surface area contributed by atoms with Crippen molar-refractivity contribution in [1.82, 2.24) is 9.62 Å². The van der Waals surface area contributed by atoms with E-state index in [1.54, 1.807) is 0 Å². The van der Waals surface area contributed by atoms with Gasteiger partial charge in [-0.25, -0.2) is 21.6 Å². The van der Waals surface area contributed by atoms with Crippen molar-refractivity contribution in [3.05, 3.63) is 22.7 Å². The first-order valence-corrected chi connectivity index (χ1v) is 9.81. The molecule has 21 heavy (non-hydrogen) atoms. The average Bonchev–Trinajstić information content (AvgIpc) is 2.34. The minimum absolute atomic E-state index is 0.120. The second kappa shape index (κ2) is 6.42. The smallest absolute Gasteiger partial charge is 0.242 e. The van der Waals surface area contributed by atoms with Crippen molar-refractivity contribution in [2.75, 3.05) is 26.9 Å². The molecule has 0 aromatic heterocycles. The molecule has 0 unspecified atom stereocenters. The summed E-state index contributed by atoms with van der Waals surface area (Å²) >= 11 is 3.06. The summed E-state index contributed by atoms with van der Waals surface area (Å²) in [5, 5.41) is 0. The van der Waals surface area contributed by atoms with Gasteiger partial charge in [-0.2, -0.15) is 0 Å². The minimum atomic E-state index is -4.01. The van der Waals surface area contributed by atoms with Crippen LogP contribution in [0, 0.1) is 0 Å². The highest BCUT2D eigenvalue weighted by atomic mass is 79.9. The van der Waals surface area contributed by atoms with Crippen molar-refractivity contribution in [3.63, 3.8) is 0 Å². The summed E-state index contributed by atoms with van der Waals surface area (Å²) in [5.41, 5.74) is 0. The van der Waals surface area contributed by atoms with Gasteiger partial charge >= 0.3 is 0 Å². The van der Waals surface area contributed by atoms with Crippen molar-refractivity contribution in [1.29, 1.82) is 0 Å². The second-order valence-corrected chi connectivity index (χ2v) is 9.08. The van der Waals surface area contributed by atoms with Crippen molar-refractivity contribution in [2.24, 2.45) is 0 Å². The predicted molar refractivity (Wildman–Crippen MR) is 81.1 cm³/mol. The fourth-order valence-corrected chi connectivity index (χ4v) is 4.00. The number of benzene rings is 1. The lowest BCUT2D eigenvalue weighted by atomic mass is 10.4. The van der Waals surface area contributed by atoms with Gasteiger partial charge in [-0.05, 0) is 34.1 Å². The van der Waals surface area contributed by atoms with Crippen LogP contribution < -0.4 is 4.72 Å². The Kier molecular flexibility index (Phi) is 5.53. The first-order chi connectivity index (χ1) is 9.45. The Balaban J connectivity index is 3.17. The Hall–Kier alpha value is -0.970. The fourth-order valence-electron chi connectivity index (χ4n) is 1.31.